The first-order valence-corrected chi connectivity index (χ1v) is 7.29. The lowest BCUT2D eigenvalue weighted by molar-refractivity contribution is 0.409. The molecule has 0 saturated carbocycles. The van der Waals surface area contributed by atoms with Crippen molar-refractivity contribution >= 4 is 5.69 Å². The maximum Gasteiger partial charge on any atom is 0.126 e. The summed E-state index contributed by atoms with van der Waals surface area (Å²) in [5.74, 6) is 0.778. The summed E-state index contributed by atoms with van der Waals surface area (Å²) in [6.45, 7) is 4.11. The molecule has 21 heavy (non-hydrogen) atoms. The molecule has 0 spiro atoms. The predicted molar refractivity (Wildman–Crippen MR) is 83.6 cm³/mol. The van der Waals surface area contributed by atoms with Gasteiger partial charge in [-0.2, -0.15) is 0 Å². The van der Waals surface area contributed by atoms with Gasteiger partial charge >= 0.3 is 0 Å². The molecule has 2 aromatic carbocycles. The van der Waals surface area contributed by atoms with Crippen molar-refractivity contribution in [3.05, 3.63) is 58.4 Å². The van der Waals surface area contributed by atoms with Crippen molar-refractivity contribution in [2.24, 2.45) is 0 Å². The van der Waals surface area contributed by atoms with E-state index in [0.717, 1.165) is 41.0 Å². The van der Waals surface area contributed by atoms with Crippen LogP contribution in [0, 0.1) is 19.7 Å². The van der Waals surface area contributed by atoms with Crippen LogP contribution in [-0.2, 0) is 6.42 Å². The largest absolute Gasteiger partial charge is 0.496 e. The van der Waals surface area contributed by atoms with Crippen LogP contribution in [-0.4, -0.2) is 7.11 Å². The normalized spacial score (nSPS) is 16.7. The quantitative estimate of drug-likeness (QED) is 0.893. The molecule has 1 atom stereocenters. The fourth-order valence-corrected chi connectivity index (χ4v) is 3.22. The van der Waals surface area contributed by atoms with Gasteiger partial charge in [0.1, 0.15) is 11.6 Å². The molecule has 2 nitrogen and oxygen atoms in total. The van der Waals surface area contributed by atoms with Crippen molar-refractivity contribution in [3.8, 4) is 5.75 Å². The van der Waals surface area contributed by atoms with Gasteiger partial charge in [-0.25, -0.2) is 4.39 Å². The van der Waals surface area contributed by atoms with Crippen LogP contribution < -0.4 is 10.1 Å². The number of hydrogen-bond acceptors (Lipinski definition) is 2. The SMILES string of the molecule is COc1c(C)ccc(NC2CCc3cc(F)ccc32)c1C. The first kappa shape index (κ1) is 13.9. The van der Waals surface area contributed by atoms with E-state index < -0.39 is 0 Å². The molecule has 0 bridgehead atoms. The van der Waals surface area contributed by atoms with E-state index in [-0.39, 0.29) is 11.9 Å². The first-order valence-electron chi connectivity index (χ1n) is 7.29. The van der Waals surface area contributed by atoms with Crippen molar-refractivity contribution in [3.63, 3.8) is 0 Å². The van der Waals surface area contributed by atoms with Crippen LogP contribution in [0.2, 0.25) is 0 Å². The van der Waals surface area contributed by atoms with Crippen LogP contribution in [0.3, 0.4) is 0 Å². The zero-order valence-corrected chi connectivity index (χ0v) is 12.7. The molecule has 1 aliphatic rings. The lowest BCUT2D eigenvalue weighted by Crippen LogP contribution is -2.09. The Morgan fingerprint density at radius 2 is 2.00 bits per heavy atom. The average molecular weight is 285 g/mol. The summed E-state index contributed by atoms with van der Waals surface area (Å²) in [7, 11) is 1.70. The van der Waals surface area contributed by atoms with Gasteiger partial charge in [0, 0.05) is 11.3 Å². The van der Waals surface area contributed by atoms with E-state index in [4.69, 9.17) is 4.74 Å². The summed E-state index contributed by atoms with van der Waals surface area (Å²) in [5.41, 5.74) is 5.65. The molecule has 0 fully saturated rings. The average Bonchev–Trinajstić information content (AvgIpc) is 2.85. The number of halogens is 1. The number of methoxy groups -OCH3 is 1. The Hall–Kier alpha value is -2.03. The monoisotopic (exact) mass is 285 g/mol. The topological polar surface area (TPSA) is 21.3 Å². The predicted octanol–water partition coefficient (Wildman–Crippen LogP) is 4.55. The van der Waals surface area contributed by atoms with E-state index in [1.165, 1.54) is 5.56 Å². The Balaban J connectivity index is 1.90. The van der Waals surface area contributed by atoms with E-state index in [0.29, 0.717) is 0 Å². The highest BCUT2D eigenvalue weighted by Crippen LogP contribution is 2.37. The third kappa shape index (κ3) is 2.48. The minimum absolute atomic E-state index is 0.150. The van der Waals surface area contributed by atoms with Crippen molar-refractivity contribution < 1.29 is 9.13 Å². The molecule has 3 heteroatoms. The molecule has 0 amide bonds. The molecule has 1 unspecified atom stereocenters. The van der Waals surface area contributed by atoms with Crippen molar-refractivity contribution in [2.75, 3.05) is 12.4 Å². The minimum Gasteiger partial charge on any atom is -0.496 e. The summed E-state index contributed by atoms with van der Waals surface area (Å²) in [4.78, 5) is 0. The van der Waals surface area contributed by atoms with E-state index in [1.807, 2.05) is 13.0 Å². The number of nitrogens with one attached hydrogen (secondary N) is 1. The van der Waals surface area contributed by atoms with Crippen LogP contribution in [0.4, 0.5) is 10.1 Å². The molecule has 0 aliphatic heterocycles. The number of benzene rings is 2. The zero-order chi connectivity index (χ0) is 15.0. The first-order chi connectivity index (χ1) is 10.1. The fourth-order valence-electron chi connectivity index (χ4n) is 3.22. The van der Waals surface area contributed by atoms with Gasteiger partial charge in [-0.1, -0.05) is 12.1 Å². The van der Waals surface area contributed by atoms with Crippen LogP contribution in [0.25, 0.3) is 0 Å². The summed E-state index contributed by atoms with van der Waals surface area (Å²) >= 11 is 0. The Kier molecular flexibility index (Phi) is 3.58. The lowest BCUT2D eigenvalue weighted by Gasteiger charge is -2.19. The van der Waals surface area contributed by atoms with E-state index >= 15 is 0 Å². The molecule has 1 aliphatic carbocycles. The van der Waals surface area contributed by atoms with Gasteiger partial charge in [-0.05, 0) is 61.6 Å². The molecule has 3 rings (SSSR count). The van der Waals surface area contributed by atoms with Crippen LogP contribution in [0.1, 0.15) is 34.7 Å². The number of rotatable bonds is 3. The fraction of sp³-hybridized carbons (Fsp3) is 0.333. The van der Waals surface area contributed by atoms with E-state index in [2.05, 4.69) is 24.4 Å². The Labute approximate surface area is 125 Å². The molecule has 110 valence electrons. The molecule has 0 heterocycles. The molecule has 0 saturated heterocycles. The minimum atomic E-state index is -0.150. The van der Waals surface area contributed by atoms with Crippen molar-refractivity contribution in [1.82, 2.24) is 0 Å². The molecule has 0 aromatic heterocycles. The third-order valence-corrected chi connectivity index (χ3v) is 4.32. The van der Waals surface area contributed by atoms with Gasteiger partial charge in [0.05, 0.1) is 13.2 Å². The third-order valence-electron chi connectivity index (χ3n) is 4.32. The summed E-state index contributed by atoms with van der Waals surface area (Å²) in [6.07, 6.45) is 1.92. The van der Waals surface area contributed by atoms with Crippen LogP contribution in [0.15, 0.2) is 30.3 Å². The summed E-state index contributed by atoms with van der Waals surface area (Å²) in [6, 6.07) is 9.49. The van der Waals surface area contributed by atoms with Gasteiger partial charge in [-0.15, -0.1) is 0 Å². The number of ether oxygens (including phenoxy) is 1. The number of aryl methyl sites for hydroxylation is 2. The Bertz CT molecular complexity index is 681. The molecule has 0 radical (unpaired) electrons. The highest BCUT2D eigenvalue weighted by atomic mass is 19.1. The number of hydrogen-bond donors (Lipinski definition) is 1. The number of anilines is 1. The van der Waals surface area contributed by atoms with Crippen molar-refractivity contribution in [1.29, 1.82) is 0 Å². The smallest absolute Gasteiger partial charge is 0.126 e. The second-order valence-electron chi connectivity index (χ2n) is 5.67. The lowest BCUT2D eigenvalue weighted by atomic mass is 10.1. The van der Waals surface area contributed by atoms with Gasteiger partial charge < -0.3 is 10.1 Å². The summed E-state index contributed by atoms with van der Waals surface area (Å²) < 4.78 is 18.8. The second-order valence-corrected chi connectivity index (χ2v) is 5.67. The maximum atomic E-state index is 13.3. The van der Waals surface area contributed by atoms with Crippen LogP contribution in [0.5, 0.6) is 5.75 Å². The molecule has 1 N–H and O–H groups in total. The van der Waals surface area contributed by atoms with Gasteiger partial charge in [0.25, 0.3) is 0 Å². The highest BCUT2D eigenvalue weighted by Gasteiger charge is 2.23. The highest BCUT2D eigenvalue weighted by molar-refractivity contribution is 5.61. The molecular formula is C18H20FNO. The second kappa shape index (κ2) is 5.40. The van der Waals surface area contributed by atoms with Gasteiger partial charge in [0.15, 0.2) is 0 Å². The van der Waals surface area contributed by atoms with Crippen molar-refractivity contribution in [2.45, 2.75) is 32.7 Å². The van der Waals surface area contributed by atoms with E-state index in [9.17, 15) is 4.39 Å². The van der Waals surface area contributed by atoms with Gasteiger partial charge in [0.2, 0.25) is 0 Å². The molecular weight excluding hydrogens is 265 g/mol. The Morgan fingerprint density at radius 1 is 1.19 bits per heavy atom. The zero-order valence-electron chi connectivity index (χ0n) is 12.7. The Morgan fingerprint density at radius 3 is 2.76 bits per heavy atom. The number of fused-ring (bicyclic) bond motifs is 1. The maximum absolute atomic E-state index is 13.3. The van der Waals surface area contributed by atoms with E-state index in [1.54, 1.807) is 19.2 Å². The van der Waals surface area contributed by atoms with Gasteiger partial charge in [-0.3, -0.25) is 0 Å². The summed E-state index contributed by atoms with van der Waals surface area (Å²) in [5, 5.41) is 3.58. The van der Waals surface area contributed by atoms with Crippen LogP contribution >= 0.6 is 0 Å². The molecule has 2 aromatic rings. The standard InChI is InChI=1S/C18H20FNO/c1-11-4-8-16(12(2)18(11)21-3)20-17-9-5-13-10-14(19)6-7-15(13)17/h4,6-8,10,17,20H,5,9H2,1-3H3.